The van der Waals surface area contributed by atoms with Gasteiger partial charge in [0.05, 0.1) is 17.4 Å². The molecular formula is C9H5N3O3. The molecule has 0 aromatic heterocycles. The second kappa shape index (κ2) is 4.07. The summed E-state index contributed by atoms with van der Waals surface area (Å²) in [5, 5.41) is 37.0. The molecule has 0 fully saturated rings. The van der Waals surface area contributed by atoms with E-state index in [-0.39, 0.29) is 12.0 Å². The lowest BCUT2D eigenvalue weighted by molar-refractivity contribution is -0.385. The number of phenols is 1. The van der Waals surface area contributed by atoms with Crippen LogP contribution < -0.4 is 0 Å². The zero-order valence-corrected chi connectivity index (χ0v) is 7.47. The van der Waals surface area contributed by atoms with Crippen molar-refractivity contribution in [2.24, 2.45) is 0 Å². The molecule has 6 nitrogen and oxygen atoms in total. The summed E-state index contributed by atoms with van der Waals surface area (Å²) in [5.74, 6) is -0.492. The Morgan fingerprint density at radius 1 is 1.47 bits per heavy atom. The molecule has 1 aromatic rings. The second-order valence-electron chi connectivity index (χ2n) is 2.67. The summed E-state index contributed by atoms with van der Waals surface area (Å²) in [6, 6.07) is 5.69. The fourth-order valence-electron chi connectivity index (χ4n) is 1.11. The van der Waals surface area contributed by atoms with Crippen molar-refractivity contribution in [2.75, 3.05) is 0 Å². The molecule has 0 amide bonds. The first-order valence-electron chi connectivity index (χ1n) is 3.88. The Bertz CT molecular complexity index is 497. The van der Waals surface area contributed by atoms with Crippen LogP contribution >= 0.6 is 0 Å². The first-order valence-corrected chi connectivity index (χ1v) is 3.88. The van der Waals surface area contributed by atoms with Crippen molar-refractivity contribution in [1.82, 2.24) is 0 Å². The highest BCUT2D eigenvalue weighted by atomic mass is 16.6. The van der Waals surface area contributed by atoms with Gasteiger partial charge in [0.2, 0.25) is 0 Å². The van der Waals surface area contributed by atoms with Gasteiger partial charge in [-0.1, -0.05) is 0 Å². The smallest absolute Gasteiger partial charge is 0.290 e. The highest BCUT2D eigenvalue weighted by Gasteiger charge is 2.19. The third-order valence-electron chi connectivity index (χ3n) is 1.82. The van der Waals surface area contributed by atoms with E-state index in [9.17, 15) is 15.2 Å². The minimum absolute atomic E-state index is 0.0987. The minimum Gasteiger partial charge on any atom is -0.506 e. The van der Waals surface area contributed by atoms with Crippen molar-refractivity contribution in [2.45, 2.75) is 6.42 Å². The number of phenolic OH excluding ortho intramolecular Hbond substituents is 1. The lowest BCUT2D eigenvalue weighted by Crippen LogP contribution is -1.95. The van der Waals surface area contributed by atoms with Gasteiger partial charge in [0.1, 0.15) is 11.8 Å². The molecule has 0 saturated carbocycles. The van der Waals surface area contributed by atoms with Crippen LogP contribution in [0.5, 0.6) is 5.75 Å². The molecule has 0 radical (unpaired) electrons. The molecule has 0 aliphatic rings. The van der Waals surface area contributed by atoms with Crippen molar-refractivity contribution < 1.29 is 10.0 Å². The molecule has 0 bridgehead atoms. The highest BCUT2D eigenvalue weighted by Crippen LogP contribution is 2.30. The monoisotopic (exact) mass is 203 g/mol. The Morgan fingerprint density at radius 3 is 2.60 bits per heavy atom. The zero-order valence-electron chi connectivity index (χ0n) is 7.47. The quantitative estimate of drug-likeness (QED) is 0.574. The number of hydrogen-bond acceptors (Lipinski definition) is 5. The summed E-state index contributed by atoms with van der Waals surface area (Å²) in [4.78, 5) is 9.72. The summed E-state index contributed by atoms with van der Waals surface area (Å²) in [6.45, 7) is 0. The number of rotatable bonds is 2. The number of benzene rings is 1. The van der Waals surface area contributed by atoms with Gasteiger partial charge in [-0.15, -0.1) is 0 Å². The van der Waals surface area contributed by atoms with Crippen molar-refractivity contribution in [3.05, 3.63) is 33.4 Å². The third kappa shape index (κ3) is 1.84. The van der Waals surface area contributed by atoms with Crippen LogP contribution in [-0.4, -0.2) is 10.0 Å². The number of nitro groups is 1. The van der Waals surface area contributed by atoms with Gasteiger partial charge < -0.3 is 5.11 Å². The third-order valence-corrected chi connectivity index (χ3v) is 1.82. The topological polar surface area (TPSA) is 111 Å². The van der Waals surface area contributed by atoms with Gasteiger partial charge in [-0.05, 0) is 6.07 Å². The normalized spacial score (nSPS) is 8.93. The largest absolute Gasteiger partial charge is 0.506 e. The van der Waals surface area contributed by atoms with Crippen LogP contribution in [0.1, 0.15) is 11.1 Å². The molecule has 0 aliphatic carbocycles. The maximum absolute atomic E-state index is 10.5. The van der Waals surface area contributed by atoms with Gasteiger partial charge in [0, 0.05) is 11.6 Å². The minimum atomic E-state index is -0.756. The molecule has 0 aliphatic heterocycles. The molecule has 74 valence electrons. The van der Waals surface area contributed by atoms with Crippen LogP contribution in [0.15, 0.2) is 12.1 Å². The standard InChI is InChI=1S/C9H5N3O3/c10-4-3-6-1-2-8(12(14)15)7(5-11)9(6)13/h1-2,13H,3H2. The summed E-state index contributed by atoms with van der Waals surface area (Å²) in [6.07, 6.45) is -0.0987. The van der Waals surface area contributed by atoms with Crippen molar-refractivity contribution >= 4 is 5.69 Å². The van der Waals surface area contributed by atoms with Crippen molar-refractivity contribution in [3.8, 4) is 17.9 Å². The molecule has 0 spiro atoms. The number of nitriles is 2. The SMILES string of the molecule is N#CCc1ccc([N+](=O)[O-])c(C#N)c1O. The molecule has 1 N–H and O–H groups in total. The van der Waals surface area contributed by atoms with E-state index in [2.05, 4.69) is 0 Å². The summed E-state index contributed by atoms with van der Waals surface area (Å²) in [7, 11) is 0. The average Bonchev–Trinajstić information content (AvgIpc) is 2.20. The maximum atomic E-state index is 10.5. The Labute approximate surface area is 84.8 Å². The first kappa shape index (κ1) is 10.5. The van der Waals surface area contributed by atoms with E-state index in [1.807, 2.05) is 0 Å². The Morgan fingerprint density at radius 2 is 2.13 bits per heavy atom. The summed E-state index contributed by atoms with van der Waals surface area (Å²) < 4.78 is 0. The van der Waals surface area contributed by atoms with Gasteiger partial charge >= 0.3 is 0 Å². The van der Waals surface area contributed by atoms with Crippen LogP contribution in [0.2, 0.25) is 0 Å². The molecule has 0 saturated heterocycles. The lowest BCUT2D eigenvalue weighted by Gasteiger charge is -2.02. The average molecular weight is 203 g/mol. The van der Waals surface area contributed by atoms with Crippen LogP contribution in [0, 0.1) is 32.8 Å². The van der Waals surface area contributed by atoms with E-state index in [4.69, 9.17) is 10.5 Å². The van der Waals surface area contributed by atoms with Crippen molar-refractivity contribution in [3.63, 3.8) is 0 Å². The number of nitro benzene ring substituents is 1. The molecule has 0 atom stereocenters. The van der Waals surface area contributed by atoms with Crippen LogP contribution in [0.4, 0.5) is 5.69 Å². The molecular weight excluding hydrogens is 198 g/mol. The Balaban J connectivity index is 3.42. The summed E-state index contributed by atoms with van der Waals surface area (Å²) in [5.41, 5.74) is -0.663. The number of hydrogen-bond donors (Lipinski definition) is 1. The van der Waals surface area contributed by atoms with E-state index in [1.54, 1.807) is 12.1 Å². The molecule has 0 heterocycles. The number of nitrogens with zero attached hydrogens (tertiary/aromatic N) is 3. The highest BCUT2D eigenvalue weighted by molar-refractivity contribution is 5.60. The molecule has 0 unspecified atom stereocenters. The van der Waals surface area contributed by atoms with Crippen LogP contribution in [-0.2, 0) is 6.42 Å². The molecule has 6 heteroatoms. The van der Waals surface area contributed by atoms with Crippen LogP contribution in [0.3, 0.4) is 0 Å². The van der Waals surface area contributed by atoms with Gasteiger partial charge in [0.15, 0.2) is 5.56 Å². The summed E-state index contributed by atoms with van der Waals surface area (Å²) >= 11 is 0. The first-order chi connectivity index (χ1) is 7.11. The van der Waals surface area contributed by atoms with E-state index in [0.717, 1.165) is 6.07 Å². The fourth-order valence-corrected chi connectivity index (χ4v) is 1.11. The van der Waals surface area contributed by atoms with Crippen LogP contribution in [0.25, 0.3) is 0 Å². The fraction of sp³-hybridized carbons (Fsp3) is 0.111. The zero-order chi connectivity index (χ0) is 11.4. The Kier molecular flexibility index (Phi) is 2.85. The van der Waals surface area contributed by atoms with E-state index in [0.29, 0.717) is 0 Å². The second-order valence-corrected chi connectivity index (χ2v) is 2.67. The Hall–Kier alpha value is -2.60. The van der Waals surface area contributed by atoms with Gasteiger partial charge in [0.25, 0.3) is 5.69 Å². The molecule has 1 rings (SSSR count). The van der Waals surface area contributed by atoms with E-state index < -0.39 is 21.9 Å². The van der Waals surface area contributed by atoms with E-state index in [1.165, 1.54) is 6.07 Å². The molecule has 1 aromatic carbocycles. The van der Waals surface area contributed by atoms with Gasteiger partial charge in [-0.3, -0.25) is 10.1 Å². The predicted molar refractivity (Wildman–Crippen MR) is 48.8 cm³/mol. The van der Waals surface area contributed by atoms with Gasteiger partial charge in [-0.25, -0.2) is 0 Å². The maximum Gasteiger partial charge on any atom is 0.290 e. The van der Waals surface area contributed by atoms with Gasteiger partial charge in [-0.2, -0.15) is 10.5 Å². The predicted octanol–water partition coefficient (Wildman–Crippen LogP) is 1.24. The lowest BCUT2D eigenvalue weighted by atomic mass is 10.1. The van der Waals surface area contributed by atoms with Crippen molar-refractivity contribution in [1.29, 1.82) is 10.5 Å². The number of aromatic hydroxyl groups is 1. The molecule has 15 heavy (non-hydrogen) atoms. The van der Waals surface area contributed by atoms with E-state index >= 15 is 0 Å².